The number of hydrogen-bond acceptors (Lipinski definition) is 3. The van der Waals surface area contributed by atoms with E-state index >= 15 is 0 Å². The summed E-state index contributed by atoms with van der Waals surface area (Å²) < 4.78 is 0. The van der Waals surface area contributed by atoms with E-state index in [1.165, 1.54) is 0 Å². The zero-order valence-electron chi connectivity index (χ0n) is 11.6. The number of phenolic OH excluding ortho intramolecular Hbond substituents is 1. The van der Waals surface area contributed by atoms with Gasteiger partial charge >= 0.3 is 0 Å². The van der Waals surface area contributed by atoms with E-state index in [1.807, 2.05) is 31.2 Å². The zero-order valence-corrected chi connectivity index (χ0v) is 11.6. The topological polar surface area (TPSA) is 75.4 Å². The van der Waals surface area contributed by atoms with Crippen LogP contribution in [0.4, 0.5) is 5.69 Å². The number of nitrogens with two attached hydrogens (primary N) is 1. The van der Waals surface area contributed by atoms with Crippen molar-refractivity contribution in [3.05, 3.63) is 59.2 Å². The third-order valence-corrected chi connectivity index (χ3v) is 3.21. The fourth-order valence-electron chi connectivity index (χ4n) is 1.90. The van der Waals surface area contributed by atoms with Gasteiger partial charge in [-0.05, 0) is 31.0 Å². The maximum atomic E-state index is 12.1. The number of aryl methyl sites for hydroxylation is 2. The lowest BCUT2D eigenvalue weighted by molar-refractivity contribution is -0.117. The van der Waals surface area contributed by atoms with Crippen molar-refractivity contribution < 1.29 is 9.90 Å². The van der Waals surface area contributed by atoms with Gasteiger partial charge in [0.05, 0.1) is 5.69 Å². The fourth-order valence-corrected chi connectivity index (χ4v) is 1.90. The Kier molecular flexibility index (Phi) is 4.05. The van der Waals surface area contributed by atoms with Crippen molar-refractivity contribution in [3.63, 3.8) is 0 Å². The molecule has 4 N–H and O–H groups in total. The van der Waals surface area contributed by atoms with Crippen molar-refractivity contribution in [2.75, 3.05) is 5.32 Å². The molecule has 2 rings (SSSR count). The number of anilines is 1. The Morgan fingerprint density at radius 2 is 1.80 bits per heavy atom. The number of amides is 1. The normalized spacial score (nSPS) is 11.9. The van der Waals surface area contributed by atoms with Gasteiger partial charge in [-0.25, -0.2) is 0 Å². The highest BCUT2D eigenvalue weighted by atomic mass is 16.3. The summed E-state index contributed by atoms with van der Waals surface area (Å²) in [5.74, 6) is -0.285. The fraction of sp³-hybridized carbons (Fsp3) is 0.188. The Morgan fingerprint density at radius 1 is 1.15 bits per heavy atom. The van der Waals surface area contributed by atoms with E-state index in [0.29, 0.717) is 11.3 Å². The Hall–Kier alpha value is -2.33. The molecule has 0 saturated heterocycles. The Balaban J connectivity index is 2.15. The molecule has 0 bridgehead atoms. The van der Waals surface area contributed by atoms with Crippen molar-refractivity contribution >= 4 is 11.6 Å². The molecule has 0 aliphatic carbocycles. The lowest BCUT2D eigenvalue weighted by Gasteiger charge is -2.14. The molecule has 4 heteroatoms. The monoisotopic (exact) mass is 270 g/mol. The second-order valence-corrected chi connectivity index (χ2v) is 4.85. The minimum absolute atomic E-state index is 0.0666. The number of rotatable bonds is 3. The molecule has 1 atom stereocenters. The molecule has 1 unspecified atom stereocenters. The van der Waals surface area contributed by atoms with Gasteiger partial charge in [0, 0.05) is 0 Å². The molecule has 0 aliphatic rings. The second-order valence-electron chi connectivity index (χ2n) is 4.85. The molecule has 0 aliphatic heterocycles. The van der Waals surface area contributed by atoms with Crippen molar-refractivity contribution in [2.45, 2.75) is 19.9 Å². The first-order valence-electron chi connectivity index (χ1n) is 6.40. The number of nitrogens with one attached hydrogen (secondary N) is 1. The molecule has 0 aromatic heterocycles. The van der Waals surface area contributed by atoms with E-state index in [1.54, 1.807) is 25.1 Å². The summed E-state index contributed by atoms with van der Waals surface area (Å²) in [6, 6.07) is 11.9. The maximum Gasteiger partial charge on any atom is 0.245 e. The molecule has 104 valence electrons. The molecule has 20 heavy (non-hydrogen) atoms. The van der Waals surface area contributed by atoms with Gasteiger partial charge < -0.3 is 16.2 Å². The number of carbonyl (C=O) groups is 1. The molecule has 4 nitrogen and oxygen atoms in total. The van der Waals surface area contributed by atoms with Gasteiger partial charge in [0.2, 0.25) is 5.91 Å². The van der Waals surface area contributed by atoms with E-state index in [-0.39, 0.29) is 11.7 Å². The summed E-state index contributed by atoms with van der Waals surface area (Å²) in [7, 11) is 0. The average molecular weight is 270 g/mol. The smallest absolute Gasteiger partial charge is 0.245 e. The predicted molar refractivity (Wildman–Crippen MR) is 79.6 cm³/mol. The summed E-state index contributed by atoms with van der Waals surface area (Å²) in [4.78, 5) is 12.1. The van der Waals surface area contributed by atoms with Crippen LogP contribution in [0.2, 0.25) is 0 Å². The van der Waals surface area contributed by atoms with Crippen LogP contribution in [0.15, 0.2) is 42.5 Å². The summed E-state index contributed by atoms with van der Waals surface area (Å²) >= 11 is 0. The van der Waals surface area contributed by atoms with Gasteiger partial charge in [-0.3, -0.25) is 4.79 Å². The van der Waals surface area contributed by atoms with Crippen LogP contribution in [0.5, 0.6) is 5.75 Å². The van der Waals surface area contributed by atoms with E-state index in [0.717, 1.165) is 11.1 Å². The van der Waals surface area contributed by atoms with E-state index in [2.05, 4.69) is 5.32 Å². The molecule has 1 amide bonds. The summed E-state index contributed by atoms with van der Waals surface area (Å²) in [6.07, 6.45) is 0. The molecule has 2 aromatic rings. The van der Waals surface area contributed by atoms with Crippen LogP contribution < -0.4 is 11.1 Å². The number of carbonyl (C=O) groups excluding carboxylic acids is 1. The Labute approximate surface area is 118 Å². The summed E-state index contributed by atoms with van der Waals surface area (Å²) in [5.41, 5.74) is 8.85. The maximum absolute atomic E-state index is 12.1. The predicted octanol–water partition coefficient (Wildman–Crippen LogP) is 2.65. The molecule has 0 radical (unpaired) electrons. The minimum Gasteiger partial charge on any atom is -0.505 e. The average Bonchev–Trinajstić information content (AvgIpc) is 2.44. The van der Waals surface area contributed by atoms with E-state index in [9.17, 15) is 9.90 Å². The van der Waals surface area contributed by atoms with Gasteiger partial charge in [0.25, 0.3) is 0 Å². The van der Waals surface area contributed by atoms with Crippen LogP contribution in [0.1, 0.15) is 22.7 Å². The van der Waals surface area contributed by atoms with Crippen LogP contribution in [-0.2, 0) is 4.79 Å². The third kappa shape index (κ3) is 2.97. The second kappa shape index (κ2) is 5.75. The van der Waals surface area contributed by atoms with Gasteiger partial charge in [-0.15, -0.1) is 0 Å². The molecule has 2 aromatic carbocycles. The molecular weight excluding hydrogens is 252 g/mol. The molecular formula is C16H18N2O2. The zero-order chi connectivity index (χ0) is 14.7. The lowest BCUT2D eigenvalue weighted by atomic mass is 10.1. The standard InChI is InChI=1S/C16H18N2O2/c1-10-6-8-12(9-7-10)14(17)16(20)18-13-5-3-4-11(2)15(13)19/h3-9,14,19H,17H2,1-2H3,(H,18,20). The van der Waals surface area contributed by atoms with Crippen LogP contribution in [-0.4, -0.2) is 11.0 Å². The number of benzene rings is 2. The first-order valence-corrected chi connectivity index (χ1v) is 6.40. The summed E-state index contributed by atoms with van der Waals surface area (Å²) in [6.45, 7) is 3.74. The number of phenols is 1. The first kappa shape index (κ1) is 14.1. The highest BCUT2D eigenvalue weighted by Gasteiger charge is 2.17. The van der Waals surface area contributed by atoms with Crippen molar-refractivity contribution in [1.82, 2.24) is 0 Å². The van der Waals surface area contributed by atoms with Crippen molar-refractivity contribution in [3.8, 4) is 5.75 Å². The van der Waals surface area contributed by atoms with Gasteiger partial charge in [0.1, 0.15) is 11.8 Å². The van der Waals surface area contributed by atoms with Crippen LogP contribution in [0, 0.1) is 13.8 Å². The Morgan fingerprint density at radius 3 is 2.45 bits per heavy atom. The Bertz CT molecular complexity index is 621. The molecule has 0 heterocycles. The van der Waals surface area contributed by atoms with Crippen LogP contribution in [0.3, 0.4) is 0 Å². The highest BCUT2D eigenvalue weighted by Crippen LogP contribution is 2.27. The lowest BCUT2D eigenvalue weighted by Crippen LogP contribution is -2.27. The van der Waals surface area contributed by atoms with Gasteiger partial charge in [-0.2, -0.15) is 0 Å². The number of hydrogen-bond donors (Lipinski definition) is 3. The summed E-state index contributed by atoms with van der Waals surface area (Å²) in [5, 5.41) is 12.5. The number of para-hydroxylation sites is 1. The van der Waals surface area contributed by atoms with E-state index < -0.39 is 6.04 Å². The number of aromatic hydroxyl groups is 1. The minimum atomic E-state index is -0.768. The van der Waals surface area contributed by atoms with Crippen molar-refractivity contribution in [1.29, 1.82) is 0 Å². The quantitative estimate of drug-likeness (QED) is 0.750. The van der Waals surface area contributed by atoms with Crippen molar-refractivity contribution in [2.24, 2.45) is 5.73 Å². The molecule has 0 spiro atoms. The van der Waals surface area contributed by atoms with Gasteiger partial charge in [-0.1, -0.05) is 42.0 Å². The van der Waals surface area contributed by atoms with Crippen LogP contribution >= 0.6 is 0 Å². The molecule has 0 fully saturated rings. The van der Waals surface area contributed by atoms with Gasteiger partial charge in [0.15, 0.2) is 0 Å². The largest absolute Gasteiger partial charge is 0.505 e. The SMILES string of the molecule is Cc1ccc(C(N)C(=O)Nc2cccc(C)c2O)cc1. The third-order valence-electron chi connectivity index (χ3n) is 3.21. The first-order chi connectivity index (χ1) is 9.49. The molecule has 0 saturated carbocycles. The van der Waals surface area contributed by atoms with E-state index in [4.69, 9.17) is 5.73 Å². The highest BCUT2D eigenvalue weighted by molar-refractivity contribution is 5.96. The van der Waals surface area contributed by atoms with Crippen LogP contribution in [0.25, 0.3) is 0 Å².